The van der Waals surface area contributed by atoms with Crippen LogP contribution in [0.15, 0.2) is 53.3 Å². The first kappa shape index (κ1) is 13.3. The van der Waals surface area contributed by atoms with Crippen molar-refractivity contribution in [1.82, 2.24) is 9.97 Å². The zero-order chi connectivity index (χ0) is 14.8. The predicted octanol–water partition coefficient (Wildman–Crippen LogP) is 2.83. The lowest BCUT2D eigenvalue weighted by Gasteiger charge is -2.06. The lowest BCUT2D eigenvalue weighted by molar-refractivity contribution is 0.101. The summed E-state index contributed by atoms with van der Waals surface area (Å²) in [5, 5.41) is 3.46. The SMILES string of the molecule is O=C(Nc1ccccc1Cl)c1nc2ccccc2c(=O)[nH]1. The number of anilines is 1. The molecule has 0 unspecified atom stereocenters. The van der Waals surface area contributed by atoms with Crippen LogP contribution in [0.3, 0.4) is 0 Å². The number of hydrogen-bond acceptors (Lipinski definition) is 3. The van der Waals surface area contributed by atoms with Gasteiger partial charge in [-0.3, -0.25) is 9.59 Å². The molecule has 6 heteroatoms. The van der Waals surface area contributed by atoms with Crippen molar-refractivity contribution in [3.05, 3.63) is 69.7 Å². The molecule has 1 heterocycles. The molecule has 0 spiro atoms. The van der Waals surface area contributed by atoms with Gasteiger partial charge in [0.05, 0.1) is 21.6 Å². The van der Waals surface area contributed by atoms with E-state index in [1.165, 1.54) is 0 Å². The van der Waals surface area contributed by atoms with Gasteiger partial charge in [0.1, 0.15) is 0 Å². The summed E-state index contributed by atoms with van der Waals surface area (Å²) in [5.41, 5.74) is 0.565. The van der Waals surface area contributed by atoms with Gasteiger partial charge in [0, 0.05) is 0 Å². The van der Waals surface area contributed by atoms with Crippen LogP contribution in [0.2, 0.25) is 5.02 Å². The van der Waals surface area contributed by atoms with Gasteiger partial charge in [-0.1, -0.05) is 35.9 Å². The second kappa shape index (κ2) is 5.38. The zero-order valence-electron chi connectivity index (χ0n) is 10.8. The van der Waals surface area contributed by atoms with E-state index in [0.717, 1.165) is 0 Å². The van der Waals surface area contributed by atoms with Crippen LogP contribution in [-0.2, 0) is 0 Å². The molecule has 5 nitrogen and oxygen atoms in total. The first-order chi connectivity index (χ1) is 10.1. The fourth-order valence-electron chi connectivity index (χ4n) is 1.94. The number of aromatic amines is 1. The number of H-pyrrole nitrogens is 1. The van der Waals surface area contributed by atoms with Crippen LogP contribution in [0, 0.1) is 0 Å². The lowest BCUT2D eigenvalue weighted by atomic mass is 10.2. The van der Waals surface area contributed by atoms with Crippen molar-refractivity contribution in [2.45, 2.75) is 0 Å². The highest BCUT2D eigenvalue weighted by Crippen LogP contribution is 2.20. The molecule has 0 aliphatic heterocycles. The highest BCUT2D eigenvalue weighted by atomic mass is 35.5. The third-order valence-electron chi connectivity index (χ3n) is 2.95. The highest BCUT2D eigenvalue weighted by molar-refractivity contribution is 6.33. The van der Waals surface area contributed by atoms with Crippen molar-refractivity contribution in [1.29, 1.82) is 0 Å². The third kappa shape index (κ3) is 2.64. The van der Waals surface area contributed by atoms with E-state index < -0.39 is 5.91 Å². The molecule has 2 aromatic carbocycles. The largest absolute Gasteiger partial charge is 0.318 e. The van der Waals surface area contributed by atoms with Gasteiger partial charge < -0.3 is 10.3 Å². The Morgan fingerprint density at radius 1 is 1.10 bits per heavy atom. The van der Waals surface area contributed by atoms with Gasteiger partial charge in [0.25, 0.3) is 11.5 Å². The first-order valence-corrected chi connectivity index (χ1v) is 6.58. The Morgan fingerprint density at radius 2 is 1.81 bits per heavy atom. The Balaban J connectivity index is 1.99. The zero-order valence-corrected chi connectivity index (χ0v) is 11.5. The summed E-state index contributed by atoms with van der Waals surface area (Å²) in [5.74, 6) is -0.579. The number of hydrogen-bond donors (Lipinski definition) is 2. The Morgan fingerprint density at radius 3 is 2.62 bits per heavy atom. The van der Waals surface area contributed by atoms with E-state index in [4.69, 9.17) is 11.6 Å². The fraction of sp³-hybridized carbons (Fsp3) is 0. The highest BCUT2D eigenvalue weighted by Gasteiger charge is 2.12. The van der Waals surface area contributed by atoms with Crippen LogP contribution in [0.5, 0.6) is 0 Å². The summed E-state index contributed by atoms with van der Waals surface area (Å²) in [6, 6.07) is 13.7. The summed E-state index contributed by atoms with van der Waals surface area (Å²) in [7, 11) is 0. The summed E-state index contributed by atoms with van der Waals surface area (Å²) in [6.45, 7) is 0. The van der Waals surface area contributed by atoms with Crippen molar-refractivity contribution >= 4 is 34.1 Å². The molecule has 3 aromatic rings. The number of halogens is 1. The molecule has 3 rings (SSSR count). The summed E-state index contributed by atoms with van der Waals surface area (Å²) >= 11 is 5.98. The molecule has 0 atom stereocenters. The molecule has 21 heavy (non-hydrogen) atoms. The van der Waals surface area contributed by atoms with Crippen LogP contribution in [0.25, 0.3) is 10.9 Å². The number of carbonyl (C=O) groups is 1. The number of benzene rings is 2. The predicted molar refractivity (Wildman–Crippen MR) is 81.8 cm³/mol. The normalized spacial score (nSPS) is 10.5. The number of rotatable bonds is 2. The summed E-state index contributed by atoms with van der Waals surface area (Å²) < 4.78 is 0. The average molecular weight is 300 g/mol. The third-order valence-corrected chi connectivity index (χ3v) is 3.28. The number of aromatic nitrogens is 2. The summed E-state index contributed by atoms with van der Waals surface area (Å²) in [4.78, 5) is 30.7. The second-order valence-corrected chi connectivity index (χ2v) is 4.77. The second-order valence-electron chi connectivity index (χ2n) is 4.37. The molecule has 104 valence electrons. The van der Waals surface area contributed by atoms with E-state index >= 15 is 0 Å². The fourth-order valence-corrected chi connectivity index (χ4v) is 2.12. The van der Waals surface area contributed by atoms with Gasteiger partial charge in [-0.05, 0) is 24.3 Å². The van der Waals surface area contributed by atoms with E-state index in [1.807, 2.05) is 0 Å². The molecule has 2 N–H and O–H groups in total. The number of amides is 1. The van der Waals surface area contributed by atoms with Gasteiger partial charge in [0.2, 0.25) is 0 Å². The molecule has 0 aliphatic carbocycles. The lowest BCUT2D eigenvalue weighted by Crippen LogP contribution is -2.21. The molecular formula is C15H10ClN3O2. The average Bonchev–Trinajstić information content (AvgIpc) is 2.49. The molecule has 0 bridgehead atoms. The minimum Gasteiger partial charge on any atom is -0.318 e. The van der Waals surface area contributed by atoms with E-state index in [9.17, 15) is 9.59 Å². The number of nitrogens with one attached hydrogen (secondary N) is 2. The molecule has 1 aromatic heterocycles. The Hall–Kier alpha value is -2.66. The standard InChI is InChI=1S/C15H10ClN3O2/c16-10-6-2-4-8-12(10)18-15(21)13-17-11-7-3-1-5-9(11)14(20)19-13/h1-8H,(H,18,21)(H,17,19,20). The van der Waals surface area contributed by atoms with Crippen LogP contribution in [0.1, 0.15) is 10.6 Å². The van der Waals surface area contributed by atoms with Crippen molar-refractivity contribution in [2.24, 2.45) is 0 Å². The van der Waals surface area contributed by atoms with Crippen molar-refractivity contribution in [3.8, 4) is 0 Å². The monoisotopic (exact) mass is 299 g/mol. The van der Waals surface area contributed by atoms with Crippen LogP contribution >= 0.6 is 11.6 Å². The molecule has 0 aliphatic rings. The van der Waals surface area contributed by atoms with E-state index in [0.29, 0.717) is 21.6 Å². The van der Waals surface area contributed by atoms with Gasteiger partial charge in [-0.2, -0.15) is 0 Å². The van der Waals surface area contributed by atoms with Gasteiger partial charge in [-0.25, -0.2) is 4.98 Å². The number of carbonyl (C=O) groups excluding carboxylic acids is 1. The van der Waals surface area contributed by atoms with Gasteiger partial charge in [-0.15, -0.1) is 0 Å². The van der Waals surface area contributed by atoms with E-state index in [2.05, 4.69) is 15.3 Å². The summed E-state index contributed by atoms with van der Waals surface area (Å²) in [6.07, 6.45) is 0. The van der Waals surface area contributed by atoms with Crippen LogP contribution in [-0.4, -0.2) is 15.9 Å². The van der Waals surface area contributed by atoms with Crippen LogP contribution in [0.4, 0.5) is 5.69 Å². The Bertz CT molecular complexity index is 889. The maximum atomic E-state index is 12.2. The molecule has 0 radical (unpaired) electrons. The minimum absolute atomic E-state index is 0.0568. The Kier molecular flexibility index (Phi) is 3.41. The van der Waals surface area contributed by atoms with Gasteiger partial charge in [0.15, 0.2) is 5.82 Å². The first-order valence-electron chi connectivity index (χ1n) is 6.20. The van der Waals surface area contributed by atoms with Crippen molar-refractivity contribution in [3.63, 3.8) is 0 Å². The minimum atomic E-state index is -0.522. The topological polar surface area (TPSA) is 74.8 Å². The molecular weight excluding hydrogens is 290 g/mol. The van der Waals surface area contributed by atoms with Crippen molar-refractivity contribution < 1.29 is 4.79 Å². The van der Waals surface area contributed by atoms with E-state index in [1.54, 1.807) is 48.5 Å². The maximum Gasteiger partial charge on any atom is 0.291 e. The molecule has 1 amide bonds. The van der Waals surface area contributed by atoms with E-state index in [-0.39, 0.29) is 11.4 Å². The van der Waals surface area contributed by atoms with Gasteiger partial charge >= 0.3 is 0 Å². The maximum absolute atomic E-state index is 12.2. The quantitative estimate of drug-likeness (QED) is 0.764. The molecule has 0 fully saturated rings. The number of nitrogens with zero attached hydrogens (tertiary/aromatic N) is 1. The number of para-hydroxylation sites is 2. The number of fused-ring (bicyclic) bond motifs is 1. The molecule has 0 saturated carbocycles. The van der Waals surface area contributed by atoms with Crippen LogP contribution < -0.4 is 10.9 Å². The van der Waals surface area contributed by atoms with Crippen molar-refractivity contribution in [2.75, 3.05) is 5.32 Å². The smallest absolute Gasteiger partial charge is 0.291 e. The Labute approximate surface area is 124 Å². The molecule has 0 saturated heterocycles.